The summed E-state index contributed by atoms with van der Waals surface area (Å²) in [6, 6.07) is 12.0. The van der Waals surface area contributed by atoms with Crippen LogP contribution in [-0.4, -0.2) is 35.1 Å². The van der Waals surface area contributed by atoms with E-state index in [0.717, 1.165) is 59.7 Å². The molecule has 0 atom stereocenters. The van der Waals surface area contributed by atoms with Crippen LogP contribution in [0.5, 0.6) is 5.75 Å². The van der Waals surface area contributed by atoms with Gasteiger partial charge in [0.15, 0.2) is 0 Å². The molecule has 0 radical (unpaired) electrons. The third-order valence-corrected chi connectivity index (χ3v) is 5.55. The van der Waals surface area contributed by atoms with E-state index >= 15 is 0 Å². The SMILES string of the molecule is Cc1cc2c(nc1N1CCC(Oc3ccc4cccnc4c3)CC1)CNC2=O. The zero-order valence-electron chi connectivity index (χ0n) is 15.8. The maximum Gasteiger partial charge on any atom is 0.253 e. The third kappa shape index (κ3) is 3.05. The number of carbonyl (C=O) groups is 1. The lowest BCUT2D eigenvalue weighted by Gasteiger charge is -2.34. The first-order valence-electron chi connectivity index (χ1n) is 9.72. The summed E-state index contributed by atoms with van der Waals surface area (Å²) in [4.78, 5) is 23.3. The van der Waals surface area contributed by atoms with Crippen LogP contribution in [0.15, 0.2) is 42.6 Å². The lowest BCUT2D eigenvalue weighted by Crippen LogP contribution is -2.39. The van der Waals surface area contributed by atoms with E-state index in [1.807, 2.05) is 31.2 Å². The monoisotopic (exact) mass is 374 g/mol. The number of hydrogen-bond donors (Lipinski definition) is 1. The number of hydrogen-bond acceptors (Lipinski definition) is 5. The Bertz CT molecular complexity index is 1060. The number of aryl methyl sites for hydroxylation is 1. The Hall–Kier alpha value is -3.15. The fourth-order valence-electron chi connectivity index (χ4n) is 4.05. The van der Waals surface area contributed by atoms with Gasteiger partial charge in [0, 0.05) is 43.6 Å². The van der Waals surface area contributed by atoms with E-state index in [-0.39, 0.29) is 12.0 Å². The minimum atomic E-state index is -0.0193. The number of benzene rings is 1. The van der Waals surface area contributed by atoms with E-state index in [1.54, 1.807) is 6.20 Å². The van der Waals surface area contributed by atoms with Crippen LogP contribution in [0, 0.1) is 6.92 Å². The van der Waals surface area contributed by atoms with Crippen LogP contribution in [-0.2, 0) is 6.54 Å². The number of pyridine rings is 2. The van der Waals surface area contributed by atoms with Crippen molar-refractivity contribution < 1.29 is 9.53 Å². The largest absolute Gasteiger partial charge is 0.490 e. The van der Waals surface area contributed by atoms with Crippen LogP contribution in [0.2, 0.25) is 0 Å². The minimum Gasteiger partial charge on any atom is -0.490 e. The van der Waals surface area contributed by atoms with Gasteiger partial charge in [-0.2, -0.15) is 0 Å². The summed E-state index contributed by atoms with van der Waals surface area (Å²) in [7, 11) is 0. The first-order chi connectivity index (χ1) is 13.7. The molecule has 1 saturated heterocycles. The second-order valence-electron chi connectivity index (χ2n) is 7.47. The van der Waals surface area contributed by atoms with E-state index in [1.165, 1.54) is 0 Å². The van der Waals surface area contributed by atoms with Crippen LogP contribution in [0.1, 0.15) is 34.5 Å². The van der Waals surface area contributed by atoms with Crippen molar-refractivity contribution >= 4 is 22.6 Å². The molecule has 1 aromatic carbocycles. The molecule has 0 aliphatic carbocycles. The lowest BCUT2D eigenvalue weighted by molar-refractivity contribution is 0.0965. The Morgan fingerprint density at radius 2 is 2.04 bits per heavy atom. The van der Waals surface area contributed by atoms with Gasteiger partial charge in [0.1, 0.15) is 17.7 Å². The number of anilines is 1. The number of nitrogens with one attached hydrogen (secondary N) is 1. The molecule has 1 amide bonds. The average molecular weight is 374 g/mol. The van der Waals surface area contributed by atoms with Gasteiger partial charge in [0.05, 0.1) is 23.3 Å². The summed E-state index contributed by atoms with van der Waals surface area (Å²) in [6.07, 6.45) is 3.88. The molecule has 5 rings (SSSR count). The van der Waals surface area contributed by atoms with Crippen LogP contribution < -0.4 is 15.0 Å². The highest BCUT2D eigenvalue weighted by molar-refractivity contribution is 5.98. The van der Waals surface area contributed by atoms with Crippen LogP contribution in [0.4, 0.5) is 5.82 Å². The minimum absolute atomic E-state index is 0.0193. The van der Waals surface area contributed by atoms with Gasteiger partial charge < -0.3 is 15.0 Å². The number of fused-ring (bicyclic) bond motifs is 2. The molecule has 0 bridgehead atoms. The van der Waals surface area contributed by atoms with E-state index < -0.39 is 0 Å². The first-order valence-corrected chi connectivity index (χ1v) is 9.72. The zero-order chi connectivity index (χ0) is 19.1. The third-order valence-electron chi connectivity index (χ3n) is 5.55. The molecule has 2 aliphatic rings. The highest BCUT2D eigenvalue weighted by Gasteiger charge is 2.26. The lowest BCUT2D eigenvalue weighted by atomic mass is 10.1. The molecule has 1 N–H and O–H groups in total. The highest BCUT2D eigenvalue weighted by atomic mass is 16.5. The van der Waals surface area contributed by atoms with Gasteiger partial charge in [0.2, 0.25) is 0 Å². The van der Waals surface area contributed by atoms with E-state index in [4.69, 9.17) is 9.72 Å². The maximum absolute atomic E-state index is 11.8. The van der Waals surface area contributed by atoms with Crippen molar-refractivity contribution in [1.29, 1.82) is 0 Å². The molecule has 4 heterocycles. The van der Waals surface area contributed by atoms with Crippen molar-refractivity contribution in [2.45, 2.75) is 32.4 Å². The molecule has 0 spiro atoms. The van der Waals surface area contributed by atoms with Gasteiger partial charge in [-0.15, -0.1) is 0 Å². The van der Waals surface area contributed by atoms with Gasteiger partial charge in [0.25, 0.3) is 5.91 Å². The average Bonchev–Trinajstić information content (AvgIpc) is 3.08. The Kier molecular flexibility index (Phi) is 4.11. The summed E-state index contributed by atoms with van der Waals surface area (Å²) >= 11 is 0. The molecule has 2 aliphatic heterocycles. The number of piperidine rings is 1. The Labute approximate surface area is 163 Å². The van der Waals surface area contributed by atoms with Crippen molar-refractivity contribution in [1.82, 2.24) is 15.3 Å². The molecule has 0 unspecified atom stereocenters. The molecule has 142 valence electrons. The van der Waals surface area contributed by atoms with Gasteiger partial charge in [-0.25, -0.2) is 4.98 Å². The van der Waals surface area contributed by atoms with Crippen molar-refractivity contribution in [3.63, 3.8) is 0 Å². The van der Waals surface area contributed by atoms with Crippen molar-refractivity contribution in [3.05, 3.63) is 59.4 Å². The van der Waals surface area contributed by atoms with Gasteiger partial charge in [-0.1, -0.05) is 6.07 Å². The van der Waals surface area contributed by atoms with E-state index in [2.05, 4.69) is 27.3 Å². The van der Waals surface area contributed by atoms with Crippen LogP contribution in [0.25, 0.3) is 10.9 Å². The Balaban J connectivity index is 1.27. The van der Waals surface area contributed by atoms with Crippen LogP contribution in [0.3, 0.4) is 0 Å². The highest BCUT2D eigenvalue weighted by Crippen LogP contribution is 2.28. The number of nitrogens with zero attached hydrogens (tertiary/aromatic N) is 3. The summed E-state index contributed by atoms with van der Waals surface area (Å²) in [5.41, 5.74) is 3.58. The molecule has 2 aromatic heterocycles. The molecule has 6 heteroatoms. The van der Waals surface area contributed by atoms with Crippen molar-refractivity contribution in [2.75, 3.05) is 18.0 Å². The molecule has 28 heavy (non-hydrogen) atoms. The van der Waals surface area contributed by atoms with Gasteiger partial charge in [-0.05, 0) is 36.8 Å². The predicted octanol–water partition coefficient (Wildman–Crippen LogP) is 3.23. The van der Waals surface area contributed by atoms with Crippen molar-refractivity contribution in [3.8, 4) is 5.75 Å². The predicted molar refractivity (Wildman–Crippen MR) is 108 cm³/mol. The molecule has 6 nitrogen and oxygen atoms in total. The molecular weight excluding hydrogens is 352 g/mol. The summed E-state index contributed by atoms with van der Waals surface area (Å²) < 4.78 is 6.22. The summed E-state index contributed by atoms with van der Waals surface area (Å²) in [5.74, 6) is 1.85. The fourth-order valence-corrected chi connectivity index (χ4v) is 4.05. The number of ether oxygens (including phenoxy) is 1. The van der Waals surface area contributed by atoms with Gasteiger partial charge in [-0.3, -0.25) is 9.78 Å². The van der Waals surface area contributed by atoms with Crippen molar-refractivity contribution in [2.24, 2.45) is 0 Å². The van der Waals surface area contributed by atoms with E-state index in [0.29, 0.717) is 12.1 Å². The fraction of sp³-hybridized carbons (Fsp3) is 0.318. The number of rotatable bonds is 3. The summed E-state index contributed by atoms with van der Waals surface area (Å²) in [6.45, 7) is 4.34. The maximum atomic E-state index is 11.8. The molecular formula is C22H22N4O2. The number of amides is 1. The zero-order valence-corrected chi connectivity index (χ0v) is 15.8. The molecule has 3 aromatic rings. The first kappa shape index (κ1) is 17.0. The Morgan fingerprint density at radius 1 is 1.18 bits per heavy atom. The molecule has 1 fully saturated rings. The number of aromatic nitrogens is 2. The van der Waals surface area contributed by atoms with Crippen LogP contribution >= 0.6 is 0 Å². The normalized spacial score (nSPS) is 16.9. The Morgan fingerprint density at radius 3 is 2.89 bits per heavy atom. The van der Waals surface area contributed by atoms with E-state index in [9.17, 15) is 4.79 Å². The van der Waals surface area contributed by atoms with Gasteiger partial charge >= 0.3 is 0 Å². The molecule has 0 saturated carbocycles. The smallest absolute Gasteiger partial charge is 0.253 e. The number of carbonyl (C=O) groups excluding carboxylic acids is 1. The topological polar surface area (TPSA) is 67.3 Å². The summed E-state index contributed by atoms with van der Waals surface area (Å²) in [5, 5.41) is 3.97. The quantitative estimate of drug-likeness (QED) is 0.762. The second kappa shape index (κ2) is 6.78. The standard InChI is InChI=1S/C22H22N4O2/c1-14-11-18-20(13-24-22(18)27)25-21(14)26-9-6-16(7-10-26)28-17-5-4-15-3-2-8-23-19(15)12-17/h2-5,8,11-12,16H,6-7,9-10,13H2,1H3,(H,24,27). The second-order valence-corrected chi connectivity index (χ2v) is 7.47.